The van der Waals surface area contributed by atoms with Gasteiger partial charge in [-0.2, -0.15) is 0 Å². The molecule has 0 aromatic heterocycles. The van der Waals surface area contributed by atoms with Crippen molar-refractivity contribution in [2.45, 2.75) is 26.0 Å². The molecule has 2 atom stereocenters. The SMILES string of the molecule is CC1OCCC1CNCc1ccc(F)c(Br)c1. The van der Waals surface area contributed by atoms with Gasteiger partial charge in [0.15, 0.2) is 0 Å². The molecule has 0 bridgehead atoms. The summed E-state index contributed by atoms with van der Waals surface area (Å²) < 4.78 is 19.1. The molecule has 2 unspecified atom stereocenters. The molecular formula is C13H17BrFNO. The van der Waals surface area contributed by atoms with E-state index >= 15 is 0 Å². The highest BCUT2D eigenvalue weighted by Gasteiger charge is 2.23. The van der Waals surface area contributed by atoms with Crippen molar-refractivity contribution in [2.24, 2.45) is 5.92 Å². The molecule has 0 saturated carbocycles. The molecule has 17 heavy (non-hydrogen) atoms. The van der Waals surface area contributed by atoms with E-state index in [1.54, 1.807) is 0 Å². The van der Waals surface area contributed by atoms with Crippen LogP contribution in [-0.4, -0.2) is 19.3 Å². The normalized spacial score (nSPS) is 24.2. The van der Waals surface area contributed by atoms with Crippen LogP contribution < -0.4 is 5.32 Å². The molecule has 0 amide bonds. The number of halogens is 2. The van der Waals surface area contributed by atoms with E-state index in [9.17, 15) is 4.39 Å². The maximum Gasteiger partial charge on any atom is 0.137 e. The summed E-state index contributed by atoms with van der Waals surface area (Å²) in [4.78, 5) is 0. The maximum atomic E-state index is 13.0. The predicted molar refractivity (Wildman–Crippen MR) is 69.3 cm³/mol. The van der Waals surface area contributed by atoms with Gasteiger partial charge in [0.05, 0.1) is 10.6 Å². The average molecular weight is 302 g/mol. The summed E-state index contributed by atoms with van der Waals surface area (Å²) in [6.07, 6.45) is 1.48. The first-order valence-corrected chi connectivity index (χ1v) is 6.72. The van der Waals surface area contributed by atoms with Gasteiger partial charge in [0, 0.05) is 19.7 Å². The van der Waals surface area contributed by atoms with Gasteiger partial charge in [0.25, 0.3) is 0 Å². The van der Waals surface area contributed by atoms with Gasteiger partial charge >= 0.3 is 0 Å². The molecule has 1 saturated heterocycles. The number of benzene rings is 1. The molecule has 1 aromatic rings. The second-order valence-electron chi connectivity index (χ2n) is 4.50. The van der Waals surface area contributed by atoms with Crippen molar-refractivity contribution in [3.63, 3.8) is 0 Å². The van der Waals surface area contributed by atoms with Gasteiger partial charge in [-0.25, -0.2) is 4.39 Å². The van der Waals surface area contributed by atoms with E-state index in [1.807, 2.05) is 12.1 Å². The summed E-state index contributed by atoms with van der Waals surface area (Å²) >= 11 is 3.19. The minimum Gasteiger partial charge on any atom is -0.378 e. The lowest BCUT2D eigenvalue weighted by atomic mass is 10.0. The molecule has 1 N–H and O–H groups in total. The lowest BCUT2D eigenvalue weighted by molar-refractivity contribution is 0.105. The highest BCUT2D eigenvalue weighted by atomic mass is 79.9. The minimum atomic E-state index is -0.216. The first-order chi connectivity index (χ1) is 8.16. The fourth-order valence-electron chi connectivity index (χ4n) is 2.10. The quantitative estimate of drug-likeness (QED) is 0.923. The van der Waals surface area contributed by atoms with Gasteiger partial charge in [-0.15, -0.1) is 0 Å². The van der Waals surface area contributed by atoms with E-state index in [0.717, 1.165) is 31.7 Å². The largest absolute Gasteiger partial charge is 0.378 e. The van der Waals surface area contributed by atoms with Gasteiger partial charge in [-0.1, -0.05) is 6.07 Å². The Morgan fingerprint density at radius 2 is 2.35 bits per heavy atom. The van der Waals surface area contributed by atoms with E-state index in [-0.39, 0.29) is 5.82 Å². The molecule has 0 radical (unpaired) electrons. The summed E-state index contributed by atoms with van der Waals surface area (Å²) in [7, 11) is 0. The van der Waals surface area contributed by atoms with Crippen LogP contribution in [0.1, 0.15) is 18.9 Å². The molecule has 0 aliphatic carbocycles. The van der Waals surface area contributed by atoms with Crippen LogP contribution in [0.5, 0.6) is 0 Å². The average Bonchev–Trinajstić information content (AvgIpc) is 2.70. The van der Waals surface area contributed by atoms with E-state index in [0.29, 0.717) is 16.5 Å². The molecule has 0 spiro atoms. The first-order valence-electron chi connectivity index (χ1n) is 5.93. The predicted octanol–water partition coefficient (Wildman–Crippen LogP) is 3.10. The van der Waals surface area contributed by atoms with Gasteiger partial charge in [0.1, 0.15) is 5.82 Å². The van der Waals surface area contributed by atoms with Crippen molar-refractivity contribution < 1.29 is 9.13 Å². The molecule has 94 valence electrons. The Balaban J connectivity index is 1.79. The van der Waals surface area contributed by atoms with E-state index in [2.05, 4.69) is 28.2 Å². The second-order valence-corrected chi connectivity index (χ2v) is 5.36. The third-order valence-electron chi connectivity index (χ3n) is 3.25. The van der Waals surface area contributed by atoms with Gasteiger partial charge < -0.3 is 10.1 Å². The fourth-order valence-corrected chi connectivity index (χ4v) is 2.52. The lowest BCUT2D eigenvalue weighted by Gasteiger charge is -2.14. The highest BCUT2D eigenvalue weighted by molar-refractivity contribution is 9.10. The van der Waals surface area contributed by atoms with Crippen LogP contribution >= 0.6 is 15.9 Å². The molecule has 4 heteroatoms. The number of hydrogen-bond acceptors (Lipinski definition) is 2. The van der Waals surface area contributed by atoms with Crippen molar-refractivity contribution in [1.82, 2.24) is 5.32 Å². The summed E-state index contributed by atoms with van der Waals surface area (Å²) in [6, 6.07) is 5.11. The van der Waals surface area contributed by atoms with E-state index < -0.39 is 0 Å². The molecule has 1 aliphatic heterocycles. The standard InChI is InChI=1S/C13H17BrFNO/c1-9-11(4-5-17-9)8-16-7-10-2-3-13(15)12(14)6-10/h2-3,6,9,11,16H,4-5,7-8H2,1H3. The number of ether oxygens (including phenoxy) is 1. The summed E-state index contributed by atoms with van der Waals surface area (Å²) in [5, 5.41) is 3.40. The first kappa shape index (κ1) is 13.0. The third kappa shape index (κ3) is 3.50. The van der Waals surface area contributed by atoms with Crippen LogP contribution in [0.4, 0.5) is 4.39 Å². The lowest BCUT2D eigenvalue weighted by Crippen LogP contribution is -2.26. The van der Waals surface area contributed by atoms with Crippen molar-refractivity contribution >= 4 is 15.9 Å². The highest BCUT2D eigenvalue weighted by Crippen LogP contribution is 2.20. The smallest absolute Gasteiger partial charge is 0.137 e. The Bertz CT molecular complexity index is 386. The molecule has 1 heterocycles. The Kier molecular flexibility index (Phi) is 4.54. The zero-order valence-corrected chi connectivity index (χ0v) is 11.5. The van der Waals surface area contributed by atoms with Crippen LogP contribution in [0, 0.1) is 11.7 Å². The van der Waals surface area contributed by atoms with Crippen molar-refractivity contribution in [3.8, 4) is 0 Å². The molecule has 1 aromatic carbocycles. The summed E-state index contributed by atoms with van der Waals surface area (Å²) in [6.45, 7) is 4.71. The Hall–Kier alpha value is -0.450. The molecule has 1 aliphatic rings. The Labute approximate surface area is 110 Å². The van der Waals surface area contributed by atoms with Gasteiger partial charge in [0.2, 0.25) is 0 Å². The molecule has 2 rings (SSSR count). The van der Waals surface area contributed by atoms with Crippen molar-refractivity contribution in [1.29, 1.82) is 0 Å². The summed E-state index contributed by atoms with van der Waals surface area (Å²) in [5.41, 5.74) is 1.09. The van der Waals surface area contributed by atoms with Crippen LogP contribution in [0.2, 0.25) is 0 Å². The zero-order valence-electron chi connectivity index (χ0n) is 9.88. The van der Waals surface area contributed by atoms with Gasteiger partial charge in [-0.3, -0.25) is 0 Å². The molecular weight excluding hydrogens is 285 g/mol. The monoisotopic (exact) mass is 301 g/mol. The molecule has 2 nitrogen and oxygen atoms in total. The number of hydrogen-bond donors (Lipinski definition) is 1. The number of nitrogens with one attached hydrogen (secondary N) is 1. The third-order valence-corrected chi connectivity index (χ3v) is 3.86. The van der Waals surface area contributed by atoms with E-state index in [1.165, 1.54) is 6.07 Å². The van der Waals surface area contributed by atoms with Crippen LogP contribution in [0.3, 0.4) is 0 Å². The molecule has 1 fully saturated rings. The Morgan fingerprint density at radius 3 is 3.00 bits per heavy atom. The topological polar surface area (TPSA) is 21.3 Å². The Morgan fingerprint density at radius 1 is 1.53 bits per heavy atom. The maximum absolute atomic E-state index is 13.0. The van der Waals surface area contributed by atoms with Crippen molar-refractivity contribution in [3.05, 3.63) is 34.1 Å². The number of rotatable bonds is 4. The van der Waals surface area contributed by atoms with E-state index in [4.69, 9.17) is 4.74 Å². The zero-order chi connectivity index (χ0) is 12.3. The van der Waals surface area contributed by atoms with Crippen LogP contribution in [0.25, 0.3) is 0 Å². The van der Waals surface area contributed by atoms with Crippen LogP contribution in [-0.2, 0) is 11.3 Å². The summed E-state index contributed by atoms with van der Waals surface area (Å²) in [5.74, 6) is 0.380. The van der Waals surface area contributed by atoms with Crippen LogP contribution in [0.15, 0.2) is 22.7 Å². The second kappa shape index (κ2) is 5.94. The van der Waals surface area contributed by atoms with Gasteiger partial charge in [-0.05, 0) is 52.9 Å². The minimum absolute atomic E-state index is 0.216. The van der Waals surface area contributed by atoms with Crippen molar-refractivity contribution in [2.75, 3.05) is 13.2 Å². The fraction of sp³-hybridized carbons (Fsp3) is 0.538.